The highest BCUT2D eigenvalue weighted by Crippen LogP contribution is 2.34. The van der Waals surface area contributed by atoms with Crippen molar-refractivity contribution in [1.29, 1.82) is 0 Å². The lowest BCUT2D eigenvalue weighted by Gasteiger charge is -2.10. The zero-order chi connectivity index (χ0) is 21.7. The number of aryl methyl sites for hydroxylation is 1. The molecule has 0 radical (unpaired) electrons. The summed E-state index contributed by atoms with van der Waals surface area (Å²) in [7, 11) is 0. The Kier molecular flexibility index (Phi) is 7.05. The quantitative estimate of drug-likeness (QED) is 0.299. The molecule has 29 heavy (non-hydrogen) atoms. The lowest BCUT2D eigenvalue weighted by molar-refractivity contribution is -0.384. The average molecular weight is 420 g/mol. The topological polar surface area (TPSA) is 125 Å². The van der Waals surface area contributed by atoms with Gasteiger partial charge in [0, 0.05) is 12.1 Å². The van der Waals surface area contributed by atoms with Crippen molar-refractivity contribution in [3.63, 3.8) is 0 Å². The number of benzene rings is 1. The van der Waals surface area contributed by atoms with Gasteiger partial charge in [0.2, 0.25) is 0 Å². The van der Waals surface area contributed by atoms with Crippen LogP contribution in [0.25, 0.3) is 0 Å². The van der Waals surface area contributed by atoms with Crippen LogP contribution in [0, 0.1) is 24.0 Å². The van der Waals surface area contributed by atoms with Gasteiger partial charge in [-0.3, -0.25) is 19.7 Å². The van der Waals surface area contributed by atoms with Gasteiger partial charge in [-0.05, 0) is 44.9 Å². The summed E-state index contributed by atoms with van der Waals surface area (Å²) in [6.07, 6.45) is 0. The maximum atomic E-state index is 12.3. The minimum absolute atomic E-state index is 0.0794. The fourth-order valence-electron chi connectivity index (χ4n) is 2.60. The number of non-ortho nitro benzene ring substituents is 1. The van der Waals surface area contributed by atoms with Crippen LogP contribution in [0.15, 0.2) is 18.2 Å². The molecule has 0 unspecified atom stereocenters. The van der Waals surface area contributed by atoms with E-state index in [9.17, 15) is 24.5 Å². The Morgan fingerprint density at radius 1 is 1.24 bits per heavy atom. The van der Waals surface area contributed by atoms with Gasteiger partial charge in [-0.25, -0.2) is 4.79 Å². The molecule has 1 N–H and O–H groups in total. The van der Waals surface area contributed by atoms with Gasteiger partial charge < -0.3 is 14.8 Å². The molecule has 0 aliphatic rings. The molecule has 0 aliphatic carbocycles. The normalized spacial score (nSPS) is 10.3. The van der Waals surface area contributed by atoms with Crippen LogP contribution in [0.5, 0.6) is 5.75 Å². The average Bonchev–Trinajstić information content (AvgIpc) is 2.97. The number of nitrogens with zero attached hydrogens (tertiary/aromatic N) is 1. The van der Waals surface area contributed by atoms with Crippen molar-refractivity contribution in [2.45, 2.75) is 27.7 Å². The number of carbonyl (C=O) groups excluding carboxylic acids is 3. The van der Waals surface area contributed by atoms with E-state index in [1.807, 2.05) is 0 Å². The first-order chi connectivity index (χ1) is 13.6. The number of carbonyl (C=O) groups is 3. The Morgan fingerprint density at radius 2 is 1.93 bits per heavy atom. The summed E-state index contributed by atoms with van der Waals surface area (Å²) < 4.78 is 10.4. The molecule has 0 saturated heterocycles. The van der Waals surface area contributed by atoms with E-state index in [1.165, 1.54) is 25.1 Å². The van der Waals surface area contributed by atoms with Crippen LogP contribution in [-0.4, -0.2) is 35.8 Å². The van der Waals surface area contributed by atoms with Crippen LogP contribution in [0.3, 0.4) is 0 Å². The molecule has 1 aromatic heterocycles. The van der Waals surface area contributed by atoms with E-state index in [1.54, 1.807) is 20.8 Å². The van der Waals surface area contributed by atoms with E-state index in [2.05, 4.69) is 5.32 Å². The first-order valence-corrected chi connectivity index (χ1v) is 9.46. The third kappa shape index (κ3) is 5.17. The van der Waals surface area contributed by atoms with Crippen molar-refractivity contribution >= 4 is 39.7 Å². The van der Waals surface area contributed by atoms with Crippen molar-refractivity contribution in [1.82, 2.24) is 0 Å². The van der Waals surface area contributed by atoms with Crippen LogP contribution >= 0.6 is 11.3 Å². The molecule has 1 heterocycles. The third-order valence-corrected chi connectivity index (χ3v) is 5.24. The summed E-state index contributed by atoms with van der Waals surface area (Å²) in [4.78, 5) is 47.0. The molecule has 0 aliphatic heterocycles. The predicted molar refractivity (Wildman–Crippen MR) is 107 cm³/mol. The van der Waals surface area contributed by atoms with E-state index in [0.717, 1.165) is 11.3 Å². The van der Waals surface area contributed by atoms with Gasteiger partial charge in [-0.2, -0.15) is 0 Å². The Hall–Kier alpha value is -3.27. The zero-order valence-corrected chi connectivity index (χ0v) is 17.2. The Labute approximate surface area is 170 Å². The number of anilines is 1. The maximum Gasteiger partial charge on any atom is 0.341 e. The van der Waals surface area contributed by atoms with Gasteiger partial charge in [0.15, 0.2) is 12.4 Å². The summed E-state index contributed by atoms with van der Waals surface area (Å²) in [6, 6.07) is 4.03. The lowest BCUT2D eigenvalue weighted by Crippen LogP contribution is -2.21. The van der Waals surface area contributed by atoms with Crippen molar-refractivity contribution in [2.75, 3.05) is 18.5 Å². The molecule has 0 fully saturated rings. The second-order valence-corrected chi connectivity index (χ2v) is 7.10. The Bertz CT molecular complexity index is 981. The number of esters is 1. The van der Waals surface area contributed by atoms with Crippen LogP contribution in [-0.2, 0) is 9.53 Å². The van der Waals surface area contributed by atoms with Crippen LogP contribution < -0.4 is 10.1 Å². The van der Waals surface area contributed by atoms with Crippen LogP contribution in [0.4, 0.5) is 10.7 Å². The SMILES string of the molecule is CCOC(=O)c1c(NC(=O)COc2ccc([N+](=O)[O-])cc2C)sc(C(C)=O)c1C. The largest absolute Gasteiger partial charge is 0.483 e. The van der Waals surface area contributed by atoms with Gasteiger partial charge in [-0.1, -0.05) is 0 Å². The molecule has 1 aromatic carbocycles. The predicted octanol–water partition coefficient (Wildman–Crippen LogP) is 3.67. The summed E-state index contributed by atoms with van der Waals surface area (Å²) in [5, 5.41) is 13.6. The lowest BCUT2D eigenvalue weighted by atomic mass is 10.1. The Balaban J connectivity index is 2.16. The van der Waals surface area contributed by atoms with Gasteiger partial charge in [0.25, 0.3) is 11.6 Å². The number of ketones is 1. The fourth-order valence-corrected chi connectivity index (χ4v) is 3.71. The van der Waals surface area contributed by atoms with E-state index in [-0.39, 0.29) is 35.2 Å². The van der Waals surface area contributed by atoms with Gasteiger partial charge in [-0.15, -0.1) is 11.3 Å². The highest BCUT2D eigenvalue weighted by Gasteiger charge is 2.25. The molecule has 0 bridgehead atoms. The zero-order valence-electron chi connectivity index (χ0n) is 16.4. The number of nitro benzene ring substituents is 1. The number of hydrogen-bond donors (Lipinski definition) is 1. The molecular formula is C19H20N2O7S. The second-order valence-electron chi connectivity index (χ2n) is 6.08. The third-order valence-electron chi connectivity index (χ3n) is 3.93. The first kappa shape index (κ1) is 22.0. The molecular weight excluding hydrogens is 400 g/mol. The van der Waals surface area contributed by atoms with E-state index >= 15 is 0 Å². The molecule has 154 valence electrons. The summed E-state index contributed by atoms with van der Waals surface area (Å²) >= 11 is 0.994. The molecule has 9 nitrogen and oxygen atoms in total. The number of rotatable bonds is 8. The molecule has 0 atom stereocenters. The smallest absolute Gasteiger partial charge is 0.341 e. The number of hydrogen-bond acceptors (Lipinski definition) is 8. The number of nitro groups is 1. The van der Waals surface area contributed by atoms with E-state index < -0.39 is 16.8 Å². The highest BCUT2D eigenvalue weighted by atomic mass is 32.1. The number of Topliss-reactive ketones (excluding diaryl/α,β-unsaturated/α-hetero) is 1. The molecule has 0 saturated carbocycles. The van der Waals surface area contributed by atoms with E-state index in [4.69, 9.17) is 9.47 Å². The van der Waals surface area contributed by atoms with Gasteiger partial charge in [0.1, 0.15) is 10.8 Å². The minimum Gasteiger partial charge on any atom is -0.483 e. The van der Waals surface area contributed by atoms with Crippen molar-refractivity contribution in [3.05, 3.63) is 49.9 Å². The van der Waals surface area contributed by atoms with Crippen LogP contribution in [0.2, 0.25) is 0 Å². The van der Waals surface area contributed by atoms with Crippen LogP contribution in [0.1, 0.15) is 45.0 Å². The second kappa shape index (κ2) is 9.28. The fraction of sp³-hybridized carbons (Fsp3) is 0.316. The minimum atomic E-state index is -0.629. The summed E-state index contributed by atoms with van der Waals surface area (Å²) in [6.45, 7) is 6.05. The molecule has 2 rings (SSSR count). The van der Waals surface area contributed by atoms with Crippen molar-refractivity contribution in [3.8, 4) is 5.75 Å². The Morgan fingerprint density at radius 3 is 2.48 bits per heavy atom. The van der Waals surface area contributed by atoms with Crippen molar-refractivity contribution in [2.24, 2.45) is 0 Å². The van der Waals surface area contributed by atoms with Gasteiger partial charge in [0.05, 0.1) is 22.0 Å². The van der Waals surface area contributed by atoms with Gasteiger partial charge >= 0.3 is 5.97 Å². The standard InChI is InChI=1S/C19H20N2O7S/c1-5-27-19(24)16-11(3)17(12(4)22)29-18(16)20-15(23)9-28-14-7-6-13(21(25)26)8-10(14)2/h6-8H,5,9H2,1-4H3,(H,20,23). The molecule has 10 heteroatoms. The maximum absolute atomic E-state index is 12.3. The molecule has 2 aromatic rings. The summed E-state index contributed by atoms with van der Waals surface area (Å²) in [5.41, 5.74) is 1.01. The molecule has 1 amide bonds. The monoisotopic (exact) mass is 420 g/mol. The van der Waals surface area contributed by atoms with E-state index in [0.29, 0.717) is 21.8 Å². The van der Waals surface area contributed by atoms with Crippen molar-refractivity contribution < 1.29 is 28.8 Å². The number of thiophene rings is 1. The number of ether oxygens (including phenoxy) is 2. The number of nitrogens with one attached hydrogen (secondary N) is 1. The number of amides is 1. The first-order valence-electron chi connectivity index (χ1n) is 8.64. The summed E-state index contributed by atoms with van der Waals surface area (Å²) in [5.74, 6) is -1.08. The molecule has 0 spiro atoms. The highest BCUT2D eigenvalue weighted by molar-refractivity contribution is 7.18.